The van der Waals surface area contributed by atoms with Crippen LogP contribution in [0.1, 0.15) is 11.4 Å². The number of hydrogen-bond donors (Lipinski definition) is 2. The number of methoxy groups -OCH3 is 1. The maximum atomic E-state index is 12.5. The van der Waals surface area contributed by atoms with Crippen LogP contribution in [0.5, 0.6) is 11.5 Å². The fourth-order valence-electron chi connectivity index (χ4n) is 4.08. The fraction of sp³-hybridized carbons (Fsp3) is 0.391. The standard InChI is InChI=1S/C23H28N4O3/c1-18-4-3-5-22-24-19(16-23(28)27(18)22)17-26-12-10-25(11-13-26)14-15-30-21-8-6-20(29-2)7-9-21/h3-9,16H,10-15,17H2,1-2H3/p+2. The number of fused-ring (bicyclic) bond motifs is 1. The molecular weight excluding hydrogens is 380 g/mol. The largest absolute Gasteiger partial charge is 0.497 e. The molecule has 1 aliphatic heterocycles. The number of aromatic nitrogens is 2. The first-order valence-corrected chi connectivity index (χ1v) is 10.5. The van der Waals surface area contributed by atoms with Crippen LogP contribution in [0, 0.1) is 6.92 Å². The maximum Gasteiger partial charge on any atom is 0.258 e. The Morgan fingerprint density at radius 3 is 2.43 bits per heavy atom. The number of aryl methyl sites for hydroxylation is 1. The molecule has 7 heteroatoms. The highest BCUT2D eigenvalue weighted by Gasteiger charge is 2.23. The lowest BCUT2D eigenvalue weighted by Gasteiger charge is -2.29. The monoisotopic (exact) mass is 410 g/mol. The molecular formula is C23H30N4O3+2. The van der Waals surface area contributed by atoms with Crippen molar-refractivity contribution < 1.29 is 19.3 Å². The first-order valence-electron chi connectivity index (χ1n) is 10.5. The molecule has 0 aliphatic carbocycles. The third-order valence-electron chi connectivity index (χ3n) is 5.81. The number of quaternary nitrogens is 2. The van der Waals surface area contributed by atoms with Crippen LogP contribution in [0.15, 0.2) is 53.3 Å². The second-order valence-electron chi connectivity index (χ2n) is 7.90. The molecule has 4 rings (SSSR count). The molecule has 0 bridgehead atoms. The van der Waals surface area contributed by atoms with E-state index in [0.29, 0.717) is 6.61 Å². The van der Waals surface area contributed by atoms with Gasteiger partial charge in [0.25, 0.3) is 5.56 Å². The molecule has 30 heavy (non-hydrogen) atoms. The number of nitrogens with zero attached hydrogens (tertiary/aromatic N) is 2. The smallest absolute Gasteiger partial charge is 0.258 e. The van der Waals surface area contributed by atoms with Gasteiger partial charge >= 0.3 is 0 Å². The molecule has 0 spiro atoms. The number of rotatable bonds is 7. The van der Waals surface area contributed by atoms with Gasteiger partial charge in [-0.15, -0.1) is 0 Å². The van der Waals surface area contributed by atoms with Gasteiger partial charge in [0.15, 0.2) is 0 Å². The molecule has 3 aromatic rings. The van der Waals surface area contributed by atoms with Crippen LogP contribution in [-0.4, -0.2) is 55.8 Å². The molecule has 2 aromatic heterocycles. The number of ether oxygens (including phenoxy) is 2. The summed E-state index contributed by atoms with van der Waals surface area (Å²) >= 11 is 0. The molecule has 1 fully saturated rings. The lowest BCUT2D eigenvalue weighted by Crippen LogP contribution is -3.27. The summed E-state index contributed by atoms with van der Waals surface area (Å²) in [6.45, 7) is 8.80. The molecule has 0 radical (unpaired) electrons. The van der Waals surface area contributed by atoms with Crippen LogP contribution in [0.2, 0.25) is 0 Å². The first-order chi connectivity index (χ1) is 14.6. The van der Waals surface area contributed by atoms with E-state index in [-0.39, 0.29) is 5.56 Å². The quantitative estimate of drug-likeness (QED) is 0.545. The molecule has 0 saturated carbocycles. The van der Waals surface area contributed by atoms with Gasteiger partial charge in [-0.2, -0.15) is 0 Å². The Balaban J connectivity index is 1.25. The molecule has 0 amide bonds. The van der Waals surface area contributed by atoms with Crippen molar-refractivity contribution in [2.45, 2.75) is 13.5 Å². The average molecular weight is 411 g/mol. The van der Waals surface area contributed by atoms with E-state index in [1.54, 1.807) is 22.5 Å². The Labute approximate surface area is 176 Å². The maximum absolute atomic E-state index is 12.5. The van der Waals surface area contributed by atoms with Gasteiger partial charge in [-0.3, -0.25) is 9.20 Å². The highest BCUT2D eigenvalue weighted by molar-refractivity contribution is 5.40. The number of hydrogen-bond acceptors (Lipinski definition) is 4. The summed E-state index contributed by atoms with van der Waals surface area (Å²) in [5, 5.41) is 0. The predicted octanol–water partition coefficient (Wildman–Crippen LogP) is -0.626. The van der Waals surface area contributed by atoms with Gasteiger partial charge < -0.3 is 19.3 Å². The lowest BCUT2D eigenvalue weighted by atomic mass is 10.2. The van der Waals surface area contributed by atoms with E-state index in [2.05, 4.69) is 0 Å². The van der Waals surface area contributed by atoms with Gasteiger partial charge in [0, 0.05) is 11.8 Å². The third kappa shape index (κ3) is 4.80. The molecule has 3 heterocycles. The Morgan fingerprint density at radius 2 is 1.70 bits per heavy atom. The van der Waals surface area contributed by atoms with Gasteiger partial charge in [0.2, 0.25) is 0 Å². The summed E-state index contributed by atoms with van der Waals surface area (Å²) in [7, 11) is 1.66. The zero-order valence-electron chi connectivity index (χ0n) is 17.7. The summed E-state index contributed by atoms with van der Waals surface area (Å²) in [6, 6.07) is 15.2. The molecule has 7 nitrogen and oxygen atoms in total. The molecule has 1 saturated heterocycles. The minimum Gasteiger partial charge on any atom is -0.497 e. The van der Waals surface area contributed by atoms with Crippen molar-refractivity contribution in [2.75, 3.05) is 46.4 Å². The van der Waals surface area contributed by atoms with Gasteiger partial charge in [-0.25, -0.2) is 4.98 Å². The van der Waals surface area contributed by atoms with E-state index in [1.807, 2.05) is 49.4 Å². The molecule has 0 atom stereocenters. The minimum atomic E-state index is 0.00689. The summed E-state index contributed by atoms with van der Waals surface area (Å²) in [4.78, 5) is 20.2. The Morgan fingerprint density at radius 1 is 1.00 bits per heavy atom. The van der Waals surface area contributed by atoms with Crippen LogP contribution in [0.25, 0.3) is 5.65 Å². The SMILES string of the molecule is COc1ccc(OCC[NH+]2CC[NH+](Cc3cc(=O)n4c(C)cccc4n3)CC2)cc1. The predicted molar refractivity (Wildman–Crippen MR) is 115 cm³/mol. The van der Waals surface area contributed by atoms with E-state index in [0.717, 1.165) is 67.8 Å². The first kappa shape index (κ1) is 20.4. The topological polar surface area (TPSA) is 61.7 Å². The van der Waals surface area contributed by atoms with Gasteiger partial charge in [-0.1, -0.05) is 6.07 Å². The van der Waals surface area contributed by atoms with Crippen molar-refractivity contribution in [3.63, 3.8) is 0 Å². The van der Waals surface area contributed by atoms with Crippen LogP contribution in [-0.2, 0) is 6.54 Å². The lowest BCUT2D eigenvalue weighted by molar-refractivity contribution is -1.02. The number of benzene rings is 1. The van der Waals surface area contributed by atoms with Crippen molar-refractivity contribution in [1.29, 1.82) is 0 Å². The molecule has 1 aliphatic rings. The van der Waals surface area contributed by atoms with Gasteiger partial charge in [-0.05, 0) is 43.3 Å². The molecule has 2 N–H and O–H groups in total. The normalized spacial score (nSPS) is 19.0. The van der Waals surface area contributed by atoms with Crippen molar-refractivity contribution in [3.8, 4) is 11.5 Å². The minimum absolute atomic E-state index is 0.00689. The summed E-state index contributed by atoms with van der Waals surface area (Å²) in [6.07, 6.45) is 0. The molecule has 0 unspecified atom stereocenters. The zero-order valence-corrected chi connectivity index (χ0v) is 17.7. The Hall–Kier alpha value is -2.90. The Kier molecular flexibility index (Phi) is 6.30. The average Bonchev–Trinajstić information content (AvgIpc) is 2.75. The van der Waals surface area contributed by atoms with Crippen molar-refractivity contribution >= 4 is 5.65 Å². The van der Waals surface area contributed by atoms with E-state index in [4.69, 9.17) is 14.5 Å². The number of nitrogens with one attached hydrogen (secondary N) is 2. The zero-order chi connectivity index (χ0) is 20.9. The summed E-state index contributed by atoms with van der Waals surface area (Å²) in [5.41, 5.74) is 2.54. The van der Waals surface area contributed by atoms with E-state index in [1.165, 1.54) is 4.90 Å². The summed E-state index contributed by atoms with van der Waals surface area (Å²) in [5.74, 6) is 1.72. The van der Waals surface area contributed by atoms with Crippen LogP contribution < -0.4 is 24.8 Å². The molecule has 158 valence electrons. The van der Waals surface area contributed by atoms with E-state index >= 15 is 0 Å². The van der Waals surface area contributed by atoms with Crippen LogP contribution >= 0.6 is 0 Å². The van der Waals surface area contributed by atoms with Gasteiger partial charge in [0.1, 0.15) is 68.7 Å². The van der Waals surface area contributed by atoms with Gasteiger partial charge in [0.05, 0.1) is 7.11 Å². The number of pyridine rings is 1. The van der Waals surface area contributed by atoms with Crippen molar-refractivity contribution in [3.05, 3.63) is 70.3 Å². The van der Waals surface area contributed by atoms with E-state index in [9.17, 15) is 4.79 Å². The highest BCUT2D eigenvalue weighted by Crippen LogP contribution is 2.16. The highest BCUT2D eigenvalue weighted by atomic mass is 16.5. The fourth-order valence-corrected chi connectivity index (χ4v) is 4.08. The van der Waals surface area contributed by atoms with E-state index < -0.39 is 0 Å². The van der Waals surface area contributed by atoms with Crippen molar-refractivity contribution in [1.82, 2.24) is 9.38 Å². The Bertz CT molecular complexity index is 1040. The second-order valence-corrected chi connectivity index (χ2v) is 7.90. The van der Waals surface area contributed by atoms with Crippen LogP contribution in [0.3, 0.4) is 0 Å². The second kappa shape index (κ2) is 9.28. The molecule has 1 aromatic carbocycles. The summed E-state index contributed by atoms with van der Waals surface area (Å²) < 4.78 is 12.7. The van der Waals surface area contributed by atoms with Crippen molar-refractivity contribution in [2.24, 2.45) is 0 Å². The van der Waals surface area contributed by atoms with Crippen LogP contribution in [0.4, 0.5) is 0 Å². The number of piperazine rings is 1. The third-order valence-corrected chi connectivity index (χ3v) is 5.81.